The summed E-state index contributed by atoms with van der Waals surface area (Å²) in [6.45, 7) is 7.84. The van der Waals surface area contributed by atoms with E-state index in [0.29, 0.717) is 12.6 Å². The molecule has 0 aliphatic rings. The fourth-order valence-corrected chi connectivity index (χ4v) is 1.31. The van der Waals surface area contributed by atoms with Gasteiger partial charge in [-0.2, -0.15) is 12.6 Å². The average Bonchev–Trinajstić information content (AvgIpc) is 2.24. The van der Waals surface area contributed by atoms with E-state index >= 15 is 0 Å². The first-order chi connectivity index (χ1) is 7.47. The lowest BCUT2D eigenvalue weighted by atomic mass is 10.2. The van der Waals surface area contributed by atoms with Crippen molar-refractivity contribution in [2.75, 3.05) is 13.2 Å². The summed E-state index contributed by atoms with van der Waals surface area (Å²) in [6.07, 6.45) is 0. The van der Waals surface area contributed by atoms with Gasteiger partial charge in [-0.15, -0.1) is 0 Å². The Hall–Kier alpha value is -0.670. The molecule has 0 saturated carbocycles. The largest absolute Gasteiger partial charge is 0.492 e. The molecule has 0 aliphatic heterocycles. The van der Waals surface area contributed by atoms with Gasteiger partial charge < -0.3 is 10.1 Å². The van der Waals surface area contributed by atoms with Crippen molar-refractivity contribution in [3.05, 3.63) is 30.3 Å². The van der Waals surface area contributed by atoms with Crippen molar-refractivity contribution in [3.8, 4) is 5.75 Å². The predicted octanol–water partition coefficient (Wildman–Crippen LogP) is 2.75. The fourth-order valence-electron chi connectivity index (χ4n) is 1.22. The number of rotatable bonds is 6. The third-order valence-corrected chi connectivity index (χ3v) is 2.28. The highest BCUT2D eigenvalue weighted by atomic mass is 32.1. The lowest BCUT2D eigenvalue weighted by Crippen LogP contribution is -2.39. The Morgan fingerprint density at radius 1 is 1.31 bits per heavy atom. The molecule has 16 heavy (non-hydrogen) atoms. The second-order valence-corrected chi connectivity index (χ2v) is 5.93. The van der Waals surface area contributed by atoms with Crippen molar-refractivity contribution in [2.24, 2.45) is 0 Å². The molecule has 0 aromatic heterocycles. The fraction of sp³-hybridized carbons (Fsp3) is 0.538. The van der Waals surface area contributed by atoms with Gasteiger partial charge in [0, 0.05) is 17.3 Å². The van der Waals surface area contributed by atoms with Crippen molar-refractivity contribution in [3.63, 3.8) is 0 Å². The molecule has 0 amide bonds. The Bertz CT molecular complexity index is 295. The zero-order valence-electron chi connectivity index (χ0n) is 10.2. The van der Waals surface area contributed by atoms with E-state index in [-0.39, 0.29) is 4.75 Å². The highest BCUT2D eigenvalue weighted by molar-refractivity contribution is 7.81. The topological polar surface area (TPSA) is 21.3 Å². The Labute approximate surface area is 104 Å². The number of para-hydroxylation sites is 1. The van der Waals surface area contributed by atoms with Crippen LogP contribution >= 0.6 is 12.6 Å². The van der Waals surface area contributed by atoms with Crippen LogP contribution in [-0.4, -0.2) is 23.9 Å². The molecule has 1 rings (SSSR count). The first kappa shape index (κ1) is 13.4. The molecule has 0 aliphatic carbocycles. The molecule has 0 radical (unpaired) electrons. The molecule has 3 heteroatoms. The highest BCUT2D eigenvalue weighted by Gasteiger charge is 2.12. The molecular formula is C13H21NOS. The minimum atomic E-state index is 0.0149. The van der Waals surface area contributed by atoms with Crippen LogP contribution < -0.4 is 10.1 Å². The minimum absolute atomic E-state index is 0.0149. The Morgan fingerprint density at radius 2 is 1.94 bits per heavy atom. The van der Waals surface area contributed by atoms with Crippen LogP contribution in [0.3, 0.4) is 0 Å². The number of ether oxygens (including phenoxy) is 1. The van der Waals surface area contributed by atoms with Crippen LogP contribution in [0.15, 0.2) is 30.3 Å². The number of hydrogen-bond acceptors (Lipinski definition) is 3. The summed E-state index contributed by atoms with van der Waals surface area (Å²) in [5.74, 6) is 0.918. The summed E-state index contributed by atoms with van der Waals surface area (Å²) in [5.41, 5.74) is 0. The van der Waals surface area contributed by atoms with Crippen molar-refractivity contribution < 1.29 is 4.74 Å². The summed E-state index contributed by atoms with van der Waals surface area (Å²) < 4.78 is 5.66. The molecule has 1 N–H and O–H groups in total. The number of nitrogens with one attached hydrogen (secondary N) is 1. The van der Waals surface area contributed by atoms with E-state index in [1.54, 1.807) is 0 Å². The normalized spacial score (nSPS) is 13.5. The van der Waals surface area contributed by atoms with E-state index in [0.717, 1.165) is 12.3 Å². The van der Waals surface area contributed by atoms with Crippen LogP contribution in [0, 0.1) is 0 Å². The van der Waals surface area contributed by atoms with Gasteiger partial charge in [0.2, 0.25) is 0 Å². The Kier molecular flexibility index (Phi) is 5.16. The summed E-state index contributed by atoms with van der Waals surface area (Å²) in [6, 6.07) is 10.2. The lowest BCUT2D eigenvalue weighted by molar-refractivity contribution is 0.271. The molecular weight excluding hydrogens is 218 g/mol. The van der Waals surface area contributed by atoms with E-state index in [1.807, 2.05) is 30.3 Å². The molecule has 1 unspecified atom stereocenters. The number of hydrogen-bond donors (Lipinski definition) is 2. The number of benzene rings is 1. The SMILES string of the molecule is CC(COc1ccccc1)NCC(C)(C)S. The minimum Gasteiger partial charge on any atom is -0.492 e. The second kappa shape index (κ2) is 6.16. The van der Waals surface area contributed by atoms with Gasteiger partial charge in [-0.05, 0) is 32.9 Å². The van der Waals surface area contributed by atoms with E-state index in [2.05, 4.69) is 38.7 Å². The second-order valence-electron chi connectivity index (χ2n) is 4.72. The third kappa shape index (κ3) is 6.03. The van der Waals surface area contributed by atoms with Gasteiger partial charge in [-0.1, -0.05) is 18.2 Å². The Morgan fingerprint density at radius 3 is 2.50 bits per heavy atom. The predicted molar refractivity (Wildman–Crippen MR) is 72.5 cm³/mol. The lowest BCUT2D eigenvalue weighted by Gasteiger charge is -2.22. The van der Waals surface area contributed by atoms with E-state index in [1.165, 1.54) is 0 Å². The molecule has 0 spiro atoms. The van der Waals surface area contributed by atoms with Crippen molar-refractivity contribution in [2.45, 2.75) is 31.6 Å². The molecule has 0 fully saturated rings. The average molecular weight is 239 g/mol. The van der Waals surface area contributed by atoms with Crippen LogP contribution in [0.25, 0.3) is 0 Å². The maximum atomic E-state index is 5.65. The van der Waals surface area contributed by atoms with Crippen molar-refractivity contribution >= 4 is 12.6 Å². The van der Waals surface area contributed by atoms with Gasteiger partial charge >= 0.3 is 0 Å². The van der Waals surface area contributed by atoms with Crippen molar-refractivity contribution in [1.29, 1.82) is 0 Å². The Balaban J connectivity index is 2.23. The van der Waals surface area contributed by atoms with Gasteiger partial charge in [-0.25, -0.2) is 0 Å². The van der Waals surface area contributed by atoms with Gasteiger partial charge in [0.1, 0.15) is 12.4 Å². The molecule has 2 nitrogen and oxygen atoms in total. The van der Waals surface area contributed by atoms with Gasteiger partial charge in [0.25, 0.3) is 0 Å². The quantitative estimate of drug-likeness (QED) is 0.745. The van der Waals surface area contributed by atoms with Crippen LogP contribution in [0.4, 0.5) is 0 Å². The van der Waals surface area contributed by atoms with Crippen LogP contribution in [0.1, 0.15) is 20.8 Å². The van der Waals surface area contributed by atoms with Gasteiger partial charge in [0.15, 0.2) is 0 Å². The van der Waals surface area contributed by atoms with Crippen LogP contribution in [0.5, 0.6) is 5.75 Å². The van der Waals surface area contributed by atoms with Gasteiger partial charge in [0.05, 0.1) is 0 Å². The zero-order chi connectivity index (χ0) is 12.0. The molecule has 0 saturated heterocycles. The summed E-state index contributed by atoms with van der Waals surface area (Å²) >= 11 is 4.46. The molecule has 90 valence electrons. The van der Waals surface area contributed by atoms with Gasteiger partial charge in [-0.3, -0.25) is 0 Å². The summed E-state index contributed by atoms with van der Waals surface area (Å²) in [4.78, 5) is 0. The zero-order valence-corrected chi connectivity index (χ0v) is 11.1. The first-order valence-electron chi connectivity index (χ1n) is 5.61. The molecule has 1 aromatic rings. The van der Waals surface area contributed by atoms with Crippen LogP contribution in [0.2, 0.25) is 0 Å². The standard InChI is InChI=1S/C13H21NOS/c1-11(14-10-13(2,3)16)9-15-12-7-5-4-6-8-12/h4-8,11,14,16H,9-10H2,1-3H3. The molecule has 1 atom stereocenters. The number of thiol groups is 1. The molecule has 0 bridgehead atoms. The smallest absolute Gasteiger partial charge is 0.119 e. The van der Waals surface area contributed by atoms with E-state index in [4.69, 9.17) is 4.74 Å². The monoisotopic (exact) mass is 239 g/mol. The first-order valence-corrected chi connectivity index (χ1v) is 6.06. The maximum Gasteiger partial charge on any atom is 0.119 e. The summed E-state index contributed by atoms with van der Waals surface area (Å²) in [7, 11) is 0. The van der Waals surface area contributed by atoms with Crippen molar-refractivity contribution in [1.82, 2.24) is 5.32 Å². The molecule has 0 heterocycles. The van der Waals surface area contributed by atoms with E-state index in [9.17, 15) is 0 Å². The summed E-state index contributed by atoms with van der Waals surface area (Å²) in [5, 5.41) is 3.39. The molecule has 1 aromatic carbocycles. The highest BCUT2D eigenvalue weighted by Crippen LogP contribution is 2.11. The maximum absolute atomic E-state index is 5.65. The third-order valence-electron chi connectivity index (χ3n) is 2.13. The van der Waals surface area contributed by atoms with E-state index < -0.39 is 0 Å². The van der Waals surface area contributed by atoms with Crippen LogP contribution in [-0.2, 0) is 0 Å².